The van der Waals surface area contributed by atoms with Gasteiger partial charge in [-0.3, -0.25) is 4.79 Å². The van der Waals surface area contributed by atoms with Gasteiger partial charge in [-0.2, -0.15) is 5.26 Å². The Morgan fingerprint density at radius 3 is 2.31 bits per heavy atom. The fraction of sp³-hybridized carbons (Fsp3) is 0.273. The molecule has 2 aromatic carbocycles. The summed E-state index contributed by atoms with van der Waals surface area (Å²) in [5.74, 6) is 1.47. The number of amides is 1. The fourth-order valence-corrected chi connectivity index (χ4v) is 3.31. The highest BCUT2D eigenvalue weighted by Crippen LogP contribution is 2.35. The summed E-state index contributed by atoms with van der Waals surface area (Å²) >= 11 is 2.15. The van der Waals surface area contributed by atoms with E-state index >= 15 is 0 Å². The lowest BCUT2D eigenvalue weighted by Crippen LogP contribution is -2.13. The van der Waals surface area contributed by atoms with Crippen LogP contribution in [0.15, 0.2) is 42.0 Å². The van der Waals surface area contributed by atoms with Crippen molar-refractivity contribution in [3.8, 4) is 23.3 Å². The first-order chi connectivity index (χ1) is 14.0. The van der Waals surface area contributed by atoms with Gasteiger partial charge < -0.3 is 19.5 Å². The zero-order valence-electron chi connectivity index (χ0n) is 16.6. The summed E-state index contributed by atoms with van der Waals surface area (Å²) in [6.45, 7) is 7.25. The quantitative estimate of drug-likeness (QED) is 0.293. The molecule has 29 heavy (non-hydrogen) atoms. The first-order valence-electron chi connectivity index (χ1n) is 9.27. The summed E-state index contributed by atoms with van der Waals surface area (Å²) in [5.41, 5.74) is 1.25. The van der Waals surface area contributed by atoms with Crippen LogP contribution in [-0.2, 0) is 4.79 Å². The molecule has 2 rings (SSSR count). The van der Waals surface area contributed by atoms with Crippen LogP contribution < -0.4 is 19.5 Å². The van der Waals surface area contributed by atoms with Crippen molar-refractivity contribution in [2.24, 2.45) is 0 Å². The van der Waals surface area contributed by atoms with Gasteiger partial charge in [-0.25, -0.2) is 0 Å². The highest BCUT2D eigenvalue weighted by molar-refractivity contribution is 14.1. The Labute approximate surface area is 184 Å². The van der Waals surface area contributed by atoms with Crippen molar-refractivity contribution in [2.45, 2.75) is 20.8 Å². The van der Waals surface area contributed by atoms with E-state index in [-0.39, 0.29) is 5.57 Å². The van der Waals surface area contributed by atoms with Crippen LogP contribution >= 0.6 is 22.6 Å². The maximum atomic E-state index is 12.5. The predicted octanol–water partition coefficient (Wildman–Crippen LogP) is 5.03. The maximum absolute atomic E-state index is 12.5. The minimum absolute atomic E-state index is 0.0127. The zero-order chi connectivity index (χ0) is 21.2. The molecule has 0 unspecified atom stereocenters. The van der Waals surface area contributed by atoms with Gasteiger partial charge in [-0.05, 0) is 91.4 Å². The van der Waals surface area contributed by atoms with Gasteiger partial charge in [0, 0.05) is 5.69 Å². The molecule has 0 bridgehead atoms. The van der Waals surface area contributed by atoms with Crippen molar-refractivity contribution in [3.63, 3.8) is 0 Å². The van der Waals surface area contributed by atoms with E-state index in [4.69, 9.17) is 14.2 Å². The van der Waals surface area contributed by atoms with Crippen molar-refractivity contribution in [2.75, 3.05) is 25.1 Å². The Morgan fingerprint density at radius 1 is 1.07 bits per heavy atom. The highest BCUT2D eigenvalue weighted by Gasteiger charge is 2.14. The minimum atomic E-state index is -0.487. The molecule has 0 spiro atoms. The molecule has 0 aliphatic rings. The molecule has 0 saturated heterocycles. The van der Waals surface area contributed by atoms with E-state index in [0.717, 1.165) is 3.57 Å². The second-order valence-corrected chi connectivity index (χ2v) is 6.94. The Morgan fingerprint density at radius 2 is 1.72 bits per heavy atom. The summed E-state index contributed by atoms with van der Waals surface area (Å²) < 4.78 is 17.5. The Kier molecular flexibility index (Phi) is 8.80. The second-order valence-electron chi connectivity index (χ2n) is 5.78. The number of rotatable bonds is 9. The first-order valence-corrected chi connectivity index (χ1v) is 10.3. The molecule has 1 amide bonds. The summed E-state index contributed by atoms with van der Waals surface area (Å²) in [5, 5.41) is 12.2. The standard InChI is InChI=1S/C22H23IN2O4/c1-4-27-18-9-7-17(8-10-18)25-22(26)16(14-24)11-15-12-19(23)21(29-6-3)20(13-15)28-5-2/h7-13H,4-6H2,1-3H3,(H,25,26)/b16-11-. The Balaban J connectivity index is 2.25. The number of carbonyl (C=O) groups excluding carboxylic acids is 1. The molecule has 6 nitrogen and oxygen atoms in total. The molecule has 0 heterocycles. The van der Waals surface area contributed by atoms with Crippen LogP contribution in [0.3, 0.4) is 0 Å². The summed E-state index contributed by atoms with van der Waals surface area (Å²) in [6, 6.07) is 12.5. The predicted molar refractivity (Wildman–Crippen MR) is 121 cm³/mol. The normalized spacial score (nSPS) is 10.8. The molecular formula is C22H23IN2O4. The number of ether oxygens (including phenoxy) is 3. The molecule has 7 heteroatoms. The van der Waals surface area contributed by atoms with E-state index in [0.29, 0.717) is 48.3 Å². The monoisotopic (exact) mass is 506 g/mol. The van der Waals surface area contributed by atoms with E-state index in [2.05, 4.69) is 27.9 Å². The van der Waals surface area contributed by atoms with Crippen molar-refractivity contribution in [3.05, 3.63) is 51.1 Å². The third-order valence-electron chi connectivity index (χ3n) is 3.72. The third-order valence-corrected chi connectivity index (χ3v) is 4.52. The molecule has 0 aromatic heterocycles. The smallest absolute Gasteiger partial charge is 0.266 e. The summed E-state index contributed by atoms with van der Waals surface area (Å²) in [6.07, 6.45) is 1.53. The minimum Gasteiger partial charge on any atom is -0.494 e. The van der Waals surface area contributed by atoms with E-state index < -0.39 is 5.91 Å². The zero-order valence-corrected chi connectivity index (χ0v) is 18.8. The van der Waals surface area contributed by atoms with Gasteiger partial charge >= 0.3 is 0 Å². The maximum Gasteiger partial charge on any atom is 0.266 e. The van der Waals surface area contributed by atoms with E-state index in [1.165, 1.54) is 6.08 Å². The van der Waals surface area contributed by atoms with Crippen LogP contribution in [0.1, 0.15) is 26.3 Å². The number of hydrogen-bond acceptors (Lipinski definition) is 5. The lowest BCUT2D eigenvalue weighted by atomic mass is 10.1. The van der Waals surface area contributed by atoms with Crippen molar-refractivity contribution >= 4 is 40.3 Å². The largest absolute Gasteiger partial charge is 0.494 e. The molecular weight excluding hydrogens is 483 g/mol. The summed E-state index contributed by atoms with van der Waals surface area (Å²) in [4.78, 5) is 12.5. The molecule has 0 radical (unpaired) electrons. The molecule has 0 aliphatic carbocycles. The molecule has 0 fully saturated rings. The number of benzene rings is 2. The Bertz CT molecular complexity index is 918. The lowest BCUT2D eigenvalue weighted by molar-refractivity contribution is -0.112. The van der Waals surface area contributed by atoms with Crippen molar-refractivity contribution in [1.82, 2.24) is 0 Å². The number of carbonyl (C=O) groups is 1. The van der Waals surface area contributed by atoms with E-state index in [1.54, 1.807) is 30.3 Å². The molecule has 0 saturated carbocycles. The SMILES string of the molecule is CCOc1ccc(NC(=O)/C(C#N)=C\c2cc(I)c(OCC)c(OCC)c2)cc1. The van der Waals surface area contributed by atoms with Crippen molar-refractivity contribution < 1.29 is 19.0 Å². The topological polar surface area (TPSA) is 80.6 Å². The van der Waals surface area contributed by atoms with Gasteiger partial charge in [0.1, 0.15) is 17.4 Å². The van der Waals surface area contributed by atoms with Crippen LogP contribution in [-0.4, -0.2) is 25.7 Å². The third kappa shape index (κ3) is 6.39. The molecule has 2 aromatic rings. The van der Waals surface area contributed by atoms with Crippen LogP contribution in [0, 0.1) is 14.9 Å². The number of hydrogen-bond donors (Lipinski definition) is 1. The number of halogens is 1. The van der Waals surface area contributed by atoms with Crippen LogP contribution in [0.2, 0.25) is 0 Å². The molecule has 152 valence electrons. The van der Waals surface area contributed by atoms with E-state index in [1.807, 2.05) is 32.9 Å². The first kappa shape index (κ1) is 22.6. The number of nitrogens with one attached hydrogen (secondary N) is 1. The van der Waals surface area contributed by atoms with Gasteiger partial charge in [0.05, 0.1) is 23.4 Å². The fourth-order valence-electron chi connectivity index (χ4n) is 2.53. The summed E-state index contributed by atoms with van der Waals surface area (Å²) in [7, 11) is 0. The van der Waals surface area contributed by atoms with Crippen molar-refractivity contribution in [1.29, 1.82) is 5.26 Å². The molecule has 1 N–H and O–H groups in total. The second kappa shape index (κ2) is 11.3. The average Bonchev–Trinajstić information content (AvgIpc) is 2.70. The number of anilines is 1. The average molecular weight is 506 g/mol. The highest BCUT2D eigenvalue weighted by atomic mass is 127. The van der Waals surface area contributed by atoms with Crippen LogP contribution in [0.5, 0.6) is 17.2 Å². The number of nitriles is 1. The molecule has 0 aliphatic heterocycles. The number of nitrogens with zero attached hydrogens (tertiary/aromatic N) is 1. The van der Waals surface area contributed by atoms with Crippen LogP contribution in [0.25, 0.3) is 6.08 Å². The van der Waals surface area contributed by atoms with Gasteiger partial charge in [0.2, 0.25) is 0 Å². The van der Waals surface area contributed by atoms with Gasteiger partial charge in [-0.15, -0.1) is 0 Å². The van der Waals surface area contributed by atoms with E-state index in [9.17, 15) is 10.1 Å². The van der Waals surface area contributed by atoms with Crippen LogP contribution in [0.4, 0.5) is 5.69 Å². The van der Waals surface area contributed by atoms with Gasteiger partial charge in [-0.1, -0.05) is 0 Å². The van der Waals surface area contributed by atoms with Gasteiger partial charge in [0.15, 0.2) is 11.5 Å². The van der Waals surface area contributed by atoms with Gasteiger partial charge in [0.25, 0.3) is 5.91 Å². The molecule has 0 atom stereocenters. The Hall–Kier alpha value is -2.73. The lowest BCUT2D eigenvalue weighted by Gasteiger charge is -2.13.